The maximum absolute atomic E-state index is 12.1. The monoisotopic (exact) mass is 282 g/mol. The van der Waals surface area contributed by atoms with E-state index >= 15 is 0 Å². The van der Waals surface area contributed by atoms with E-state index in [4.69, 9.17) is 5.73 Å². The minimum absolute atomic E-state index is 0.142. The van der Waals surface area contributed by atoms with Crippen LogP contribution in [0.5, 0.6) is 0 Å². The highest BCUT2D eigenvalue weighted by Gasteiger charge is 2.11. The van der Waals surface area contributed by atoms with Gasteiger partial charge in [-0.1, -0.05) is 24.0 Å². The van der Waals surface area contributed by atoms with E-state index in [1.165, 1.54) is 0 Å². The van der Waals surface area contributed by atoms with Crippen molar-refractivity contribution in [2.24, 2.45) is 12.8 Å². The van der Waals surface area contributed by atoms with Gasteiger partial charge in [0.2, 0.25) is 0 Å². The van der Waals surface area contributed by atoms with Gasteiger partial charge in [0.05, 0.1) is 12.2 Å². The van der Waals surface area contributed by atoms with Gasteiger partial charge in [-0.3, -0.25) is 9.48 Å². The molecule has 0 unspecified atom stereocenters. The number of aromatic nitrogens is 2. The maximum Gasteiger partial charge on any atom is 0.269 e. The van der Waals surface area contributed by atoms with Gasteiger partial charge in [0.15, 0.2) is 0 Å². The van der Waals surface area contributed by atoms with Gasteiger partial charge < -0.3 is 11.1 Å². The van der Waals surface area contributed by atoms with Gasteiger partial charge in [-0.15, -0.1) is 0 Å². The smallest absolute Gasteiger partial charge is 0.269 e. The quantitative estimate of drug-likeness (QED) is 0.824. The normalized spacial score (nSPS) is 9.86. The molecule has 0 aliphatic rings. The van der Waals surface area contributed by atoms with Crippen molar-refractivity contribution >= 4 is 5.91 Å². The molecule has 0 aliphatic carbocycles. The molecule has 0 atom stereocenters. The molecular formula is C16H18N4O. The summed E-state index contributed by atoms with van der Waals surface area (Å²) >= 11 is 0. The van der Waals surface area contributed by atoms with E-state index in [2.05, 4.69) is 22.3 Å². The zero-order valence-electron chi connectivity index (χ0n) is 12.2. The van der Waals surface area contributed by atoms with Crippen molar-refractivity contribution in [3.05, 3.63) is 52.8 Å². The van der Waals surface area contributed by atoms with E-state index in [9.17, 15) is 4.79 Å². The zero-order chi connectivity index (χ0) is 15.2. The molecule has 3 N–H and O–H groups in total. The standard InChI is InChI=1S/C16H18N4O/c1-12-9-15(20(2)19-12)16(21)18-11-14-6-3-5-13(10-14)7-4-8-17/h3,5-6,9-10H,8,11,17H2,1-2H3,(H,18,21). The van der Waals surface area contributed by atoms with Gasteiger partial charge in [-0.25, -0.2) is 0 Å². The van der Waals surface area contributed by atoms with E-state index in [1.54, 1.807) is 17.8 Å². The van der Waals surface area contributed by atoms with Gasteiger partial charge in [-0.2, -0.15) is 5.10 Å². The molecule has 1 aromatic carbocycles. The molecule has 2 aromatic rings. The maximum atomic E-state index is 12.1. The van der Waals surface area contributed by atoms with Crippen molar-refractivity contribution in [1.29, 1.82) is 0 Å². The van der Waals surface area contributed by atoms with E-state index in [1.807, 2.05) is 31.2 Å². The van der Waals surface area contributed by atoms with Crippen molar-refractivity contribution < 1.29 is 4.79 Å². The predicted octanol–water partition coefficient (Wildman–Crippen LogP) is 0.969. The first kappa shape index (κ1) is 14.8. The van der Waals surface area contributed by atoms with Gasteiger partial charge in [0.25, 0.3) is 5.91 Å². The molecule has 2 rings (SSSR count). The van der Waals surface area contributed by atoms with Crippen LogP contribution in [0.25, 0.3) is 0 Å². The van der Waals surface area contributed by atoms with Crippen molar-refractivity contribution in [2.75, 3.05) is 6.54 Å². The second-order valence-corrected chi connectivity index (χ2v) is 4.68. The molecule has 1 aromatic heterocycles. The highest BCUT2D eigenvalue weighted by molar-refractivity contribution is 5.92. The number of benzene rings is 1. The summed E-state index contributed by atoms with van der Waals surface area (Å²) in [4.78, 5) is 12.1. The average molecular weight is 282 g/mol. The highest BCUT2D eigenvalue weighted by Crippen LogP contribution is 2.05. The number of rotatable bonds is 3. The van der Waals surface area contributed by atoms with E-state index in [-0.39, 0.29) is 5.91 Å². The van der Waals surface area contributed by atoms with Crippen LogP contribution in [-0.4, -0.2) is 22.2 Å². The van der Waals surface area contributed by atoms with Crippen molar-refractivity contribution in [3.8, 4) is 11.8 Å². The zero-order valence-corrected chi connectivity index (χ0v) is 12.2. The largest absolute Gasteiger partial charge is 0.347 e. The minimum Gasteiger partial charge on any atom is -0.347 e. The predicted molar refractivity (Wildman–Crippen MR) is 81.5 cm³/mol. The van der Waals surface area contributed by atoms with Crippen LogP contribution in [0.4, 0.5) is 0 Å². The third-order valence-corrected chi connectivity index (χ3v) is 2.95. The Hall–Kier alpha value is -2.58. The Labute approximate surface area is 124 Å². The van der Waals surface area contributed by atoms with Crippen LogP contribution < -0.4 is 11.1 Å². The molecule has 108 valence electrons. The molecule has 1 amide bonds. The molecule has 5 nitrogen and oxygen atoms in total. The van der Waals surface area contributed by atoms with Crippen LogP contribution >= 0.6 is 0 Å². The SMILES string of the molecule is Cc1cc(C(=O)NCc2cccc(C#CCN)c2)n(C)n1. The van der Waals surface area contributed by atoms with Crippen LogP contribution in [0.15, 0.2) is 30.3 Å². The lowest BCUT2D eigenvalue weighted by atomic mass is 10.1. The van der Waals surface area contributed by atoms with Crippen LogP contribution in [0.1, 0.15) is 27.3 Å². The molecule has 0 fully saturated rings. The summed E-state index contributed by atoms with van der Waals surface area (Å²) in [7, 11) is 1.75. The van der Waals surface area contributed by atoms with Crippen LogP contribution in [0.2, 0.25) is 0 Å². The lowest BCUT2D eigenvalue weighted by molar-refractivity contribution is 0.0941. The Bertz CT molecular complexity index is 707. The summed E-state index contributed by atoms with van der Waals surface area (Å²) in [5, 5.41) is 7.04. The van der Waals surface area contributed by atoms with E-state index < -0.39 is 0 Å². The fraction of sp³-hybridized carbons (Fsp3) is 0.250. The van der Waals surface area contributed by atoms with Crippen LogP contribution in [0, 0.1) is 18.8 Å². The van der Waals surface area contributed by atoms with Crippen LogP contribution in [0.3, 0.4) is 0 Å². The highest BCUT2D eigenvalue weighted by atomic mass is 16.2. The fourth-order valence-corrected chi connectivity index (χ4v) is 2.01. The van der Waals surface area contributed by atoms with Crippen molar-refractivity contribution in [3.63, 3.8) is 0 Å². The first-order chi connectivity index (χ1) is 10.1. The summed E-state index contributed by atoms with van der Waals surface area (Å²) < 4.78 is 1.58. The van der Waals surface area contributed by atoms with Crippen molar-refractivity contribution in [1.82, 2.24) is 15.1 Å². The number of nitrogens with zero attached hydrogens (tertiary/aromatic N) is 2. The van der Waals surface area contributed by atoms with E-state index in [0.717, 1.165) is 16.8 Å². The molecule has 1 heterocycles. The first-order valence-electron chi connectivity index (χ1n) is 6.67. The topological polar surface area (TPSA) is 72.9 Å². The van der Waals surface area contributed by atoms with Crippen LogP contribution in [-0.2, 0) is 13.6 Å². The first-order valence-corrected chi connectivity index (χ1v) is 6.67. The number of amides is 1. The molecule has 21 heavy (non-hydrogen) atoms. The number of nitrogens with two attached hydrogens (primary N) is 1. The molecule has 0 saturated heterocycles. The van der Waals surface area contributed by atoms with Gasteiger partial charge in [0.1, 0.15) is 5.69 Å². The molecule has 0 saturated carbocycles. The fourth-order valence-electron chi connectivity index (χ4n) is 2.01. The molecule has 5 heteroatoms. The lowest BCUT2D eigenvalue weighted by Gasteiger charge is -2.06. The number of hydrogen-bond acceptors (Lipinski definition) is 3. The summed E-state index contributed by atoms with van der Waals surface area (Å²) in [5.41, 5.74) is 8.61. The number of carbonyl (C=O) groups excluding carboxylic acids is 1. The molecule has 0 radical (unpaired) electrons. The summed E-state index contributed by atoms with van der Waals surface area (Å²) in [6, 6.07) is 9.48. The summed E-state index contributed by atoms with van der Waals surface area (Å²) in [5.74, 6) is 5.64. The van der Waals surface area contributed by atoms with Gasteiger partial charge in [0, 0.05) is 19.2 Å². The molecular weight excluding hydrogens is 264 g/mol. The Balaban J connectivity index is 2.03. The second-order valence-electron chi connectivity index (χ2n) is 4.68. The van der Waals surface area contributed by atoms with Gasteiger partial charge >= 0.3 is 0 Å². The lowest BCUT2D eigenvalue weighted by Crippen LogP contribution is -2.25. The Morgan fingerprint density at radius 2 is 2.24 bits per heavy atom. The molecule has 0 bridgehead atoms. The summed E-state index contributed by atoms with van der Waals surface area (Å²) in [6.07, 6.45) is 0. The minimum atomic E-state index is -0.142. The third kappa shape index (κ3) is 3.94. The Morgan fingerprint density at radius 1 is 1.43 bits per heavy atom. The summed E-state index contributed by atoms with van der Waals surface area (Å²) in [6.45, 7) is 2.64. The second kappa shape index (κ2) is 6.73. The molecule has 0 spiro atoms. The number of carbonyl (C=O) groups is 1. The number of aryl methyl sites for hydroxylation is 2. The van der Waals surface area contributed by atoms with Gasteiger partial charge in [-0.05, 0) is 30.7 Å². The Kier molecular flexibility index (Phi) is 4.75. The number of nitrogens with one attached hydrogen (secondary N) is 1. The van der Waals surface area contributed by atoms with Crippen molar-refractivity contribution in [2.45, 2.75) is 13.5 Å². The average Bonchev–Trinajstić information content (AvgIpc) is 2.82. The molecule has 0 aliphatic heterocycles. The number of hydrogen-bond donors (Lipinski definition) is 2. The van der Waals surface area contributed by atoms with E-state index in [0.29, 0.717) is 18.8 Å². The third-order valence-electron chi connectivity index (χ3n) is 2.95. The Morgan fingerprint density at radius 3 is 2.90 bits per heavy atom.